The summed E-state index contributed by atoms with van der Waals surface area (Å²) in [7, 11) is 0. The summed E-state index contributed by atoms with van der Waals surface area (Å²) in [6.45, 7) is 4.22. The summed E-state index contributed by atoms with van der Waals surface area (Å²) >= 11 is 0. The largest absolute Gasteiger partial charge is 0.467 e. The van der Waals surface area contributed by atoms with Crippen molar-refractivity contribution in [2.75, 3.05) is 0 Å². The summed E-state index contributed by atoms with van der Waals surface area (Å²) in [5, 5.41) is 2.77. The van der Waals surface area contributed by atoms with Crippen molar-refractivity contribution in [3.63, 3.8) is 0 Å². The third-order valence-electron chi connectivity index (χ3n) is 2.72. The van der Waals surface area contributed by atoms with Crippen molar-refractivity contribution in [1.82, 2.24) is 5.32 Å². The van der Waals surface area contributed by atoms with E-state index in [1.54, 1.807) is 12.3 Å². The minimum Gasteiger partial charge on any atom is -0.467 e. The summed E-state index contributed by atoms with van der Waals surface area (Å²) in [5.74, 6) is 0.613. The van der Waals surface area contributed by atoms with Crippen LogP contribution in [0.1, 0.15) is 32.4 Å². The summed E-state index contributed by atoms with van der Waals surface area (Å²) in [6, 6.07) is 3.60. The molecule has 0 atom stereocenters. The van der Waals surface area contributed by atoms with Crippen LogP contribution < -0.4 is 11.1 Å². The summed E-state index contributed by atoms with van der Waals surface area (Å²) < 4.78 is 5.11. The molecular formula is C11H18N2O2. The van der Waals surface area contributed by atoms with Gasteiger partial charge in [-0.15, -0.1) is 0 Å². The van der Waals surface area contributed by atoms with Gasteiger partial charge in [-0.05, 0) is 25.0 Å². The van der Waals surface area contributed by atoms with Gasteiger partial charge in [0.2, 0.25) is 5.91 Å². The maximum Gasteiger partial charge on any atom is 0.240 e. The molecule has 0 saturated carbocycles. The Balaban J connectivity index is 2.48. The van der Waals surface area contributed by atoms with Crippen LogP contribution in [-0.4, -0.2) is 11.4 Å². The van der Waals surface area contributed by atoms with Crippen molar-refractivity contribution in [2.45, 2.75) is 38.8 Å². The molecule has 0 radical (unpaired) electrons. The van der Waals surface area contributed by atoms with E-state index in [-0.39, 0.29) is 5.91 Å². The van der Waals surface area contributed by atoms with Crippen LogP contribution in [0.4, 0.5) is 0 Å². The molecule has 4 heteroatoms. The van der Waals surface area contributed by atoms with Crippen LogP contribution in [0.15, 0.2) is 22.8 Å². The molecule has 1 heterocycles. The smallest absolute Gasteiger partial charge is 0.240 e. The van der Waals surface area contributed by atoms with E-state index >= 15 is 0 Å². The van der Waals surface area contributed by atoms with E-state index in [0.29, 0.717) is 19.4 Å². The third-order valence-corrected chi connectivity index (χ3v) is 2.72. The zero-order valence-electron chi connectivity index (χ0n) is 9.25. The molecule has 0 aliphatic rings. The monoisotopic (exact) mass is 210 g/mol. The topological polar surface area (TPSA) is 68.3 Å². The van der Waals surface area contributed by atoms with Crippen LogP contribution in [0.5, 0.6) is 0 Å². The molecule has 1 aromatic rings. The Kier molecular flexibility index (Phi) is 3.91. The molecule has 0 aromatic carbocycles. The Morgan fingerprint density at radius 3 is 2.67 bits per heavy atom. The van der Waals surface area contributed by atoms with Gasteiger partial charge in [-0.2, -0.15) is 0 Å². The van der Waals surface area contributed by atoms with Crippen LogP contribution in [0.25, 0.3) is 0 Å². The van der Waals surface area contributed by atoms with Crippen molar-refractivity contribution >= 4 is 5.91 Å². The zero-order valence-corrected chi connectivity index (χ0v) is 9.25. The Morgan fingerprint density at radius 1 is 1.53 bits per heavy atom. The third kappa shape index (κ3) is 2.83. The van der Waals surface area contributed by atoms with E-state index in [1.165, 1.54) is 0 Å². The molecule has 0 saturated heterocycles. The SMILES string of the molecule is CCC(N)(CC)C(=O)NCc1ccco1. The van der Waals surface area contributed by atoms with Crippen molar-refractivity contribution in [3.8, 4) is 0 Å². The fourth-order valence-corrected chi connectivity index (χ4v) is 1.33. The lowest BCUT2D eigenvalue weighted by Gasteiger charge is -2.24. The number of nitrogens with one attached hydrogen (secondary N) is 1. The Hall–Kier alpha value is -1.29. The number of amides is 1. The van der Waals surface area contributed by atoms with Gasteiger partial charge in [-0.25, -0.2) is 0 Å². The first-order valence-electron chi connectivity index (χ1n) is 5.22. The fraction of sp³-hybridized carbons (Fsp3) is 0.545. The van der Waals surface area contributed by atoms with Gasteiger partial charge < -0.3 is 15.5 Å². The second-order valence-corrected chi connectivity index (χ2v) is 3.63. The van der Waals surface area contributed by atoms with Crippen LogP contribution in [0.2, 0.25) is 0 Å². The fourth-order valence-electron chi connectivity index (χ4n) is 1.33. The van der Waals surface area contributed by atoms with Crippen molar-refractivity contribution in [1.29, 1.82) is 0 Å². The average molecular weight is 210 g/mol. The lowest BCUT2D eigenvalue weighted by molar-refractivity contribution is -0.126. The van der Waals surface area contributed by atoms with Gasteiger partial charge in [0.05, 0.1) is 18.3 Å². The zero-order chi connectivity index (χ0) is 11.3. The van der Waals surface area contributed by atoms with Gasteiger partial charge in [0.15, 0.2) is 0 Å². The predicted molar refractivity (Wildman–Crippen MR) is 58.1 cm³/mol. The minimum absolute atomic E-state index is 0.121. The van der Waals surface area contributed by atoms with Gasteiger partial charge in [-0.3, -0.25) is 4.79 Å². The molecule has 15 heavy (non-hydrogen) atoms. The molecule has 1 rings (SSSR count). The van der Waals surface area contributed by atoms with E-state index in [4.69, 9.17) is 10.2 Å². The molecular weight excluding hydrogens is 192 g/mol. The van der Waals surface area contributed by atoms with E-state index < -0.39 is 5.54 Å². The van der Waals surface area contributed by atoms with Gasteiger partial charge >= 0.3 is 0 Å². The van der Waals surface area contributed by atoms with Crippen LogP contribution >= 0.6 is 0 Å². The first-order chi connectivity index (χ1) is 7.12. The summed E-state index contributed by atoms with van der Waals surface area (Å²) in [6.07, 6.45) is 2.85. The number of nitrogens with two attached hydrogens (primary N) is 1. The molecule has 1 aromatic heterocycles. The van der Waals surface area contributed by atoms with E-state index in [1.807, 2.05) is 19.9 Å². The van der Waals surface area contributed by atoms with Crippen LogP contribution in [-0.2, 0) is 11.3 Å². The number of hydrogen-bond donors (Lipinski definition) is 2. The number of carbonyl (C=O) groups is 1. The van der Waals surface area contributed by atoms with Gasteiger partial charge in [0.25, 0.3) is 0 Å². The van der Waals surface area contributed by atoms with Crippen molar-refractivity contribution in [3.05, 3.63) is 24.2 Å². The first-order valence-corrected chi connectivity index (χ1v) is 5.22. The van der Waals surface area contributed by atoms with Crippen LogP contribution in [0.3, 0.4) is 0 Å². The quantitative estimate of drug-likeness (QED) is 0.772. The van der Waals surface area contributed by atoms with Gasteiger partial charge in [0.1, 0.15) is 5.76 Å². The van der Waals surface area contributed by atoms with E-state index in [0.717, 1.165) is 5.76 Å². The lowest BCUT2D eigenvalue weighted by atomic mass is 9.93. The molecule has 0 unspecified atom stereocenters. The van der Waals surface area contributed by atoms with Crippen LogP contribution in [0, 0.1) is 0 Å². The van der Waals surface area contributed by atoms with Gasteiger partial charge in [-0.1, -0.05) is 13.8 Å². The Morgan fingerprint density at radius 2 is 2.20 bits per heavy atom. The molecule has 1 amide bonds. The number of rotatable bonds is 5. The molecule has 0 bridgehead atoms. The molecule has 84 valence electrons. The second kappa shape index (κ2) is 4.98. The second-order valence-electron chi connectivity index (χ2n) is 3.63. The van der Waals surface area contributed by atoms with E-state index in [2.05, 4.69) is 5.32 Å². The van der Waals surface area contributed by atoms with Gasteiger partial charge in [0, 0.05) is 0 Å². The number of carbonyl (C=O) groups excluding carboxylic acids is 1. The first kappa shape index (κ1) is 11.8. The van der Waals surface area contributed by atoms with E-state index in [9.17, 15) is 4.79 Å². The Bertz CT molecular complexity index is 302. The molecule has 4 nitrogen and oxygen atoms in total. The molecule has 3 N–H and O–H groups in total. The molecule has 0 aliphatic heterocycles. The molecule has 0 fully saturated rings. The standard InChI is InChI=1S/C11H18N2O2/c1-3-11(12,4-2)10(14)13-8-9-6-5-7-15-9/h5-7H,3-4,8,12H2,1-2H3,(H,13,14). The summed E-state index contributed by atoms with van der Waals surface area (Å²) in [5.41, 5.74) is 5.18. The highest BCUT2D eigenvalue weighted by molar-refractivity contribution is 5.85. The minimum atomic E-state index is -0.757. The van der Waals surface area contributed by atoms with Crippen molar-refractivity contribution in [2.24, 2.45) is 5.73 Å². The highest BCUT2D eigenvalue weighted by Gasteiger charge is 2.29. The normalized spacial score (nSPS) is 11.4. The summed E-state index contributed by atoms with van der Waals surface area (Å²) in [4.78, 5) is 11.7. The maximum atomic E-state index is 11.7. The highest BCUT2D eigenvalue weighted by atomic mass is 16.3. The molecule has 0 spiro atoms. The average Bonchev–Trinajstić information content (AvgIpc) is 2.77. The Labute approximate surface area is 89.8 Å². The lowest BCUT2D eigenvalue weighted by Crippen LogP contribution is -2.52. The molecule has 0 aliphatic carbocycles. The number of hydrogen-bond acceptors (Lipinski definition) is 3. The highest BCUT2D eigenvalue weighted by Crippen LogP contribution is 2.11. The number of furan rings is 1. The predicted octanol–water partition coefficient (Wildman–Crippen LogP) is 1.41. The van der Waals surface area contributed by atoms with Crippen molar-refractivity contribution < 1.29 is 9.21 Å². The maximum absolute atomic E-state index is 11.7.